The van der Waals surface area contributed by atoms with E-state index in [1.54, 1.807) is 13.8 Å². The molecule has 0 aliphatic rings. The fourth-order valence-electron chi connectivity index (χ4n) is 2.07. The summed E-state index contributed by atoms with van der Waals surface area (Å²) in [5, 5.41) is 9.24. The van der Waals surface area contributed by atoms with E-state index in [0.29, 0.717) is 23.1 Å². The molecule has 0 spiro atoms. The van der Waals surface area contributed by atoms with Gasteiger partial charge in [-0.05, 0) is 19.4 Å². The summed E-state index contributed by atoms with van der Waals surface area (Å²) in [5.74, 6) is -1.04. The number of aryl methyl sites for hydroxylation is 1. The minimum absolute atomic E-state index is 0.138. The van der Waals surface area contributed by atoms with Gasteiger partial charge in [0, 0.05) is 16.8 Å². The molecule has 108 valence electrons. The number of nitrogens with zero attached hydrogens (tertiary/aromatic N) is 1. The highest BCUT2D eigenvalue weighted by atomic mass is 16.5. The van der Waals surface area contributed by atoms with Gasteiger partial charge in [0.15, 0.2) is 17.7 Å². The minimum Gasteiger partial charge on any atom is -0.486 e. The Kier molecular flexibility index (Phi) is 4.33. The fraction of sp³-hybridized carbons (Fsp3) is 0.188. The molecule has 0 unspecified atom stereocenters. The SMILES string of the molecule is Cc1nc(C(=O)O)c(OCc2ccccc2)c(C)c1C=O. The Labute approximate surface area is 122 Å². The molecular weight excluding hydrogens is 270 g/mol. The smallest absolute Gasteiger partial charge is 0.358 e. The zero-order chi connectivity index (χ0) is 15.4. The average molecular weight is 285 g/mol. The van der Waals surface area contributed by atoms with Crippen molar-refractivity contribution in [3.05, 3.63) is 58.4 Å². The Morgan fingerprint density at radius 1 is 1.29 bits per heavy atom. The lowest BCUT2D eigenvalue weighted by Crippen LogP contribution is -2.11. The number of hydrogen-bond acceptors (Lipinski definition) is 4. The molecule has 0 radical (unpaired) electrons. The molecule has 5 nitrogen and oxygen atoms in total. The van der Waals surface area contributed by atoms with Crippen molar-refractivity contribution in [2.24, 2.45) is 0 Å². The standard InChI is InChI=1S/C16H15NO4/c1-10-13(8-18)11(2)17-14(16(19)20)15(10)21-9-12-6-4-3-5-7-12/h3-8H,9H2,1-2H3,(H,19,20). The molecule has 1 N–H and O–H groups in total. The third kappa shape index (κ3) is 3.08. The van der Waals surface area contributed by atoms with Crippen LogP contribution in [0.3, 0.4) is 0 Å². The second-order valence-electron chi connectivity index (χ2n) is 4.61. The van der Waals surface area contributed by atoms with Crippen molar-refractivity contribution in [1.29, 1.82) is 0 Å². The number of hydrogen-bond donors (Lipinski definition) is 1. The third-order valence-electron chi connectivity index (χ3n) is 3.18. The summed E-state index contributed by atoms with van der Waals surface area (Å²) >= 11 is 0. The van der Waals surface area contributed by atoms with Crippen molar-refractivity contribution in [2.75, 3.05) is 0 Å². The maximum atomic E-state index is 11.3. The van der Waals surface area contributed by atoms with Gasteiger partial charge in [-0.1, -0.05) is 30.3 Å². The third-order valence-corrected chi connectivity index (χ3v) is 3.18. The number of aromatic nitrogens is 1. The first-order valence-corrected chi connectivity index (χ1v) is 6.41. The molecule has 1 aromatic carbocycles. The van der Waals surface area contributed by atoms with Crippen LogP contribution in [0.2, 0.25) is 0 Å². The highest BCUT2D eigenvalue weighted by Crippen LogP contribution is 2.27. The molecule has 1 heterocycles. The summed E-state index contributed by atoms with van der Waals surface area (Å²) in [6.45, 7) is 3.47. The summed E-state index contributed by atoms with van der Waals surface area (Å²) in [4.78, 5) is 26.4. The van der Waals surface area contributed by atoms with Crippen LogP contribution in [0.1, 0.15) is 37.7 Å². The maximum Gasteiger partial charge on any atom is 0.358 e. The Morgan fingerprint density at radius 3 is 2.52 bits per heavy atom. The first kappa shape index (κ1) is 14.7. The van der Waals surface area contributed by atoms with Gasteiger partial charge in [-0.15, -0.1) is 0 Å². The van der Waals surface area contributed by atoms with Crippen LogP contribution in [0, 0.1) is 13.8 Å². The van der Waals surface area contributed by atoms with E-state index in [1.807, 2.05) is 30.3 Å². The van der Waals surface area contributed by atoms with E-state index in [2.05, 4.69) is 4.98 Å². The molecule has 0 saturated carbocycles. The molecule has 0 atom stereocenters. The first-order valence-electron chi connectivity index (χ1n) is 6.41. The van der Waals surface area contributed by atoms with Crippen LogP contribution in [0.4, 0.5) is 0 Å². The van der Waals surface area contributed by atoms with Gasteiger partial charge in [-0.3, -0.25) is 4.79 Å². The van der Waals surface area contributed by atoms with Crippen LogP contribution in [-0.4, -0.2) is 22.3 Å². The molecule has 0 saturated heterocycles. The van der Waals surface area contributed by atoms with Gasteiger partial charge in [0.1, 0.15) is 6.61 Å². The Balaban J connectivity index is 2.41. The van der Waals surface area contributed by atoms with Crippen molar-refractivity contribution in [3.63, 3.8) is 0 Å². The van der Waals surface area contributed by atoms with Crippen LogP contribution in [-0.2, 0) is 6.61 Å². The van der Waals surface area contributed by atoms with E-state index in [9.17, 15) is 14.7 Å². The normalized spacial score (nSPS) is 10.2. The minimum atomic E-state index is -1.18. The molecule has 0 aliphatic carbocycles. The number of ether oxygens (including phenoxy) is 1. The number of carbonyl (C=O) groups is 2. The van der Waals surface area contributed by atoms with Gasteiger partial charge in [0.05, 0.1) is 0 Å². The summed E-state index contributed by atoms with van der Waals surface area (Å²) in [6, 6.07) is 9.37. The Bertz CT molecular complexity index is 680. The molecule has 5 heteroatoms. The van der Waals surface area contributed by atoms with Gasteiger partial charge < -0.3 is 9.84 Å². The Hall–Kier alpha value is -2.69. The molecule has 2 rings (SSSR count). The number of rotatable bonds is 5. The summed E-state index contributed by atoms with van der Waals surface area (Å²) in [5.41, 5.74) is 1.97. The molecule has 0 bridgehead atoms. The van der Waals surface area contributed by atoms with E-state index >= 15 is 0 Å². The zero-order valence-electron chi connectivity index (χ0n) is 11.8. The highest BCUT2D eigenvalue weighted by molar-refractivity contribution is 5.91. The van der Waals surface area contributed by atoms with Crippen molar-refractivity contribution in [3.8, 4) is 5.75 Å². The predicted octanol–water partition coefficient (Wildman–Crippen LogP) is 2.79. The highest BCUT2D eigenvalue weighted by Gasteiger charge is 2.20. The van der Waals surface area contributed by atoms with Crippen molar-refractivity contribution >= 4 is 12.3 Å². The van der Waals surface area contributed by atoms with E-state index in [1.165, 1.54) is 0 Å². The lowest BCUT2D eigenvalue weighted by molar-refractivity contribution is 0.0683. The van der Waals surface area contributed by atoms with Crippen molar-refractivity contribution < 1.29 is 19.4 Å². The van der Waals surface area contributed by atoms with E-state index in [-0.39, 0.29) is 18.1 Å². The average Bonchev–Trinajstić information content (AvgIpc) is 2.47. The van der Waals surface area contributed by atoms with Gasteiger partial charge in [-0.2, -0.15) is 0 Å². The topological polar surface area (TPSA) is 76.5 Å². The number of aldehydes is 1. The second kappa shape index (κ2) is 6.17. The van der Waals surface area contributed by atoms with E-state index < -0.39 is 5.97 Å². The monoisotopic (exact) mass is 285 g/mol. The zero-order valence-corrected chi connectivity index (χ0v) is 11.8. The molecule has 21 heavy (non-hydrogen) atoms. The van der Waals surface area contributed by atoms with E-state index in [4.69, 9.17) is 4.74 Å². The number of carboxylic acid groups (broad SMARTS) is 1. The van der Waals surface area contributed by atoms with Gasteiger partial charge in [0.25, 0.3) is 0 Å². The summed E-state index contributed by atoms with van der Waals surface area (Å²) < 4.78 is 5.61. The predicted molar refractivity (Wildman–Crippen MR) is 76.8 cm³/mol. The number of pyridine rings is 1. The first-order chi connectivity index (χ1) is 10.0. The number of aromatic carboxylic acids is 1. The summed E-state index contributed by atoms with van der Waals surface area (Å²) in [7, 11) is 0. The molecule has 0 fully saturated rings. The lowest BCUT2D eigenvalue weighted by Gasteiger charge is -2.14. The van der Waals surface area contributed by atoms with Crippen LogP contribution in [0.25, 0.3) is 0 Å². The molecular formula is C16H15NO4. The van der Waals surface area contributed by atoms with Gasteiger partial charge in [0.2, 0.25) is 0 Å². The van der Waals surface area contributed by atoms with Crippen LogP contribution >= 0.6 is 0 Å². The van der Waals surface area contributed by atoms with Crippen molar-refractivity contribution in [2.45, 2.75) is 20.5 Å². The second-order valence-corrected chi connectivity index (χ2v) is 4.61. The number of carbonyl (C=O) groups excluding carboxylic acids is 1. The van der Waals surface area contributed by atoms with Crippen LogP contribution in [0.5, 0.6) is 5.75 Å². The van der Waals surface area contributed by atoms with Crippen LogP contribution in [0.15, 0.2) is 30.3 Å². The largest absolute Gasteiger partial charge is 0.486 e. The molecule has 1 aromatic heterocycles. The van der Waals surface area contributed by atoms with Crippen LogP contribution < -0.4 is 4.74 Å². The van der Waals surface area contributed by atoms with Crippen molar-refractivity contribution in [1.82, 2.24) is 4.98 Å². The maximum absolute atomic E-state index is 11.3. The van der Waals surface area contributed by atoms with Gasteiger partial charge in [-0.25, -0.2) is 9.78 Å². The lowest BCUT2D eigenvalue weighted by atomic mass is 10.1. The molecule has 0 aliphatic heterocycles. The fourth-order valence-corrected chi connectivity index (χ4v) is 2.07. The number of carboxylic acids is 1. The summed E-state index contributed by atoms with van der Waals surface area (Å²) in [6.07, 6.45) is 0.665. The number of benzene rings is 1. The Morgan fingerprint density at radius 2 is 1.95 bits per heavy atom. The molecule has 0 amide bonds. The van der Waals surface area contributed by atoms with Gasteiger partial charge >= 0.3 is 5.97 Å². The van der Waals surface area contributed by atoms with E-state index in [0.717, 1.165) is 5.56 Å². The molecule has 2 aromatic rings. The quantitative estimate of drug-likeness (QED) is 0.855.